The summed E-state index contributed by atoms with van der Waals surface area (Å²) in [6.45, 7) is 1.47. The number of esters is 1. The molecule has 0 unspecified atom stereocenters. The number of pyridine rings is 1. The second-order valence-electron chi connectivity index (χ2n) is 7.23. The Morgan fingerprint density at radius 1 is 1.15 bits per heavy atom. The molecule has 10 heteroatoms. The fourth-order valence-electron chi connectivity index (χ4n) is 3.61. The summed E-state index contributed by atoms with van der Waals surface area (Å²) in [5, 5.41) is 0. The van der Waals surface area contributed by atoms with Gasteiger partial charge in [-0.3, -0.25) is 19.3 Å². The Balaban J connectivity index is 1.67. The highest BCUT2D eigenvalue weighted by atomic mass is 79.9. The lowest BCUT2D eigenvalue weighted by Gasteiger charge is -2.14. The first-order chi connectivity index (χ1) is 16.0. The van der Waals surface area contributed by atoms with Crippen molar-refractivity contribution in [1.82, 2.24) is 14.5 Å². The summed E-state index contributed by atoms with van der Waals surface area (Å²) in [6, 6.07) is 11.2. The van der Waals surface area contributed by atoms with E-state index in [4.69, 9.17) is 9.73 Å². The number of hydrogen-bond acceptors (Lipinski definition) is 8. The van der Waals surface area contributed by atoms with Gasteiger partial charge in [-0.05, 0) is 43.7 Å². The van der Waals surface area contributed by atoms with Crippen molar-refractivity contribution in [2.45, 2.75) is 25.8 Å². The Morgan fingerprint density at radius 2 is 2.00 bits per heavy atom. The normalized spacial score (nSPS) is 14.4. The van der Waals surface area contributed by atoms with E-state index in [-0.39, 0.29) is 6.42 Å². The van der Waals surface area contributed by atoms with Gasteiger partial charge >= 0.3 is 12.1 Å². The average molecular weight is 513 g/mol. The van der Waals surface area contributed by atoms with Crippen LogP contribution < -0.4 is 0 Å². The minimum Gasteiger partial charge on any atom is -0.438 e. The van der Waals surface area contributed by atoms with Crippen LogP contribution in [0.25, 0.3) is 5.69 Å². The monoisotopic (exact) mass is 512 g/mol. The van der Waals surface area contributed by atoms with Crippen LogP contribution in [0, 0.1) is 6.92 Å². The molecule has 1 aliphatic heterocycles. The van der Waals surface area contributed by atoms with Crippen molar-refractivity contribution in [2.24, 2.45) is 4.99 Å². The van der Waals surface area contributed by atoms with Crippen molar-refractivity contribution >= 4 is 33.8 Å². The first-order valence-electron chi connectivity index (χ1n) is 10.2. The summed E-state index contributed by atoms with van der Waals surface area (Å²) >= 11 is 3.56. The van der Waals surface area contributed by atoms with Crippen LogP contribution >= 0.6 is 15.9 Å². The number of carbonyl (C=O) groups excluding carboxylic acids is 2. The highest BCUT2D eigenvalue weighted by Gasteiger charge is 2.28. The maximum Gasteiger partial charge on any atom is 0.510 e. The highest BCUT2D eigenvalue weighted by Crippen LogP contribution is 2.34. The van der Waals surface area contributed by atoms with E-state index in [1.165, 1.54) is 7.11 Å². The third-order valence-electron chi connectivity index (χ3n) is 5.10. The van der Waals surface area contributed by atoms with Crippen molar-refractivity contribution < 1.29 is 23.8 Å². The van der Waals surface area contributed by atoms with Crippen LogP contribution in [0.5, 0.6) is 0 Å². The summed E-state index contributed by atoms with van der Waals surface area (Å²) < 4.78 is 16.9. The predicted octanol–water partition coefficient (Wildman–Crippen LogP) is 4.29. The molecule has 0 saturated heterocycles. The van der Waals surface area contributed by atoms with Gasteiger partial charge in [0.05, 0.1) is 24.2 Å². The molecule has 0 amide bonds. The van der Waals surface area contributed by atoms with E-state index in [0.29, 0.717) is 12.1 Å². The molecule has 1 atom stereocenters. The molecular formula is C23H21BrN4O5. The minimum atomic E-state index is -0.919. The highest BCUT2D eigenvalue weighted by molar-refractivity contribution is 9.10. The van der Waals surface area contributed by atoms with Crippen LogP contribution in [0.2, 0.25) is 0 Å². The Hall–Kier alpha value is -3.53. The molecule has 33 heavy (non-hydrogen) atoms. The van der Waals surface area contributed by atoms with Crippen molar-refractivity contribution in [1.29, 1.82) is 0 Å². The van der Waals surface area contributed by atoms with E-state index >= 15 is 0 Å². The van der Waals surface area contributed by atoms with Crippen LogP contribution in [0.15, 0.2) is 58.3 Å². The van der Waals surface area contributed by atoms with Crippen LogP contribution in [0.1, 0.15) is 41.7 Å². The van der Waals surface area contributed by atoms with Gasteiger partial charge in [0, 0.05) is 34.5 Å². The van der Waals surface area contributed by atoms with E-state index in [1.807, 2.05) is 43.3 Å². The van der Waals surface area contributed by atoms with E-state index < -0.39 is 25.0 Å². The molecule has 1 aromatic carbocycles. The average Bonchev–Trinajstić information content (AvgIpc) is 3.14. The van der Waals surface area contributed by atoms with Crippen LogP contribution in [0.4, 0.5) is 4.79 Å². The van der Waals surface area contributed by atoms with E-state index in [1.54, 1.807) is 12.4 Å². The fraction of sp³-hybridized carbons (Fsp3) is 0.261. The van der Waals surface area contributed by atoms with E-state index in [0.717, 1.165) is 32.9 Å². The maximum atomic E-state index is 12.2. The number of aliphatic imine (C=N–C) groups is 1. The van der Waals surface area contributed by atoms with Crippen molar-refractivity contribution in [3.8, 4) is 5.69 Å². The van der Waals surface area contributed by atoms with Crippen LogP contribution in [0.3, 0.4) is 0 Å². The lowest BCUT2D eigenvalue weighted by atomic mass is 10.0. The quantitative estimate of drug-likeness (QED) is 0.358. The molecule has 3 aromatic rings. The largest absolute Gasteiger partial charge is 0.510 e. The van der Waals surface area contributed by atoms with Gasteiger partial charge < -0.3 is 14.2 Å². The van der Waals surface area contributed by atoms with Gasteiger partial charge in [-0.1, -0.05) is 22.0 Å². The van der Waals surface area contributed by atoms with Crippen molar-refractivity contribution in [3.05, 3.63) is 76.0 Å². The fourth-order valence-corrected chi connectivity index (χ4v) is 3.97. The Morgan fingerprint density at radius 3 is 2.76 bits per heavy atom. The van der Waals surface area contributed by atoms with Gasteiger partial charge in [-0.15, -0.1) is 0 Å². The number of nitrogens with zero attached hydrogens (tertiary/aromatic N) is 4. The second-order valence-corrected chi connectivity index (χ2v) is 8.15. The maximum absolute atomic E-state index is 12.2. The zero-order valence-electron chi connectivity index (χ0n) is 18.0. The molecular weight excluding hydrogens is 492 g/mol. The summed E-state index contributed by atoms with van der Waals surface area (Å²) in [6.07, 6.45) is 2.99. The van der Waals surface area contributed by atoms with Gasteiger partial charge in [-0.25, -0.2) is 9.78 Å². The number of ether oxygens (including phenoxy) is 3. The van der Waals surface area contributed by atoms with E-state index in [2.05, 4.69) is 39.9 Å². The SMILES string of the molecule is COC(=O)OCOC(=O)CC[C@@H]1N=C(c2ccccn2)c2cc(Br)ccc2-n2c(C)cnc21. The number of benzene rings is 1. The molecule has 3 heterocycles. The molecule has 0 spiro atoms. The van der Waals surface area contributed by atoms with E-state index in [9.17, 15) is 9.59 Å². The smallest absolute Gasteiger partial charge is 0.438 e. The topological polar surface area (TPSA) is 105 Å². The first-order valence-corrected chi connectivity index (χ1v) is 11.0. The molecule has 0 saturated carbocycles. The van der Waals surface area contributed by atoms with Crippen molar-refractivity contribution in [2.75, 3.05) is 13.9 Å². The van der Waals surface area contributed by atoms with Gasteiger partial charge in [0.1, 0.15) is 11.9 Å². The van der Waals surface area contributed by atoms with Crippen LogP contribution in [-0.2, 0) is 19.0 Å². The van der Waals surface area contributed by atoms with Gasteiger partial charge in [0.15, 0.2) is 0 Å². The second kappa shape index (κ2) is 9.95. The molecule has 0 N–H and O–H groups in total. The Labute approximate surface area is 198 Å². The molecule has 1 aliphatic rings. The number of fused-ring (bicyclic) bond motifs is 3. The summed E-state index contributed by atoms with van der Waals surface area (Å²) in [5.41, 5.74) is 4.22. The number of aromatic nitrogens is 3. The minimum absolute atomic E-state index is 0.0557. The van der Waals surface area contributed by atoms with Gasteiger partial charge in [0.25, 0.3) is 0 Å². The van der Waals surface area contributed by atoms with Crippen LogP contribution in [-0.4, -0.2) is 46.3 Å². The lowest BCUT2D eigenvalue weighted by molar-refractivity contribution is -0.153. The number of methoxy groups -OCH3 is 1. The zero-order valence-corrected chi connectivity index (χ0v) is 19.6. The third kappa shape index (κ3) is 4.95. The number of rotatable bonds is 6. The lowest BCUT2D eigenvalue weighted by Crippen LogP contribution is -2.14. The molecule has 2 aromatic heterocycles. The molecule has 0 radical (unpaired) electrons. The number of halogens is 1. The first kappa shape index (κ1) is 22.7. The molecule has 0 bridgehead atoms. The standard InChI is InChI=1S/C23H21BrN4O5/c1-14-12-26-22-18(7-9-20(29)32-13-33-23(30)31-2)27-21(17-5-3-4-10-25-17)16-11-15(24)6-8-19(16)28(14)22/h3-6,8,10-12,18H,7,9,13H2,1-2H3/t18-/m0/s1. The summed E-state index contributed by atoms with van der Waals surface area (Å²) in [5.74, 6) is 0.202. The molecule has 0 fully saturated rings. The molecule has 9 nitrogen and oxygen atoms in total. The number of carbonyl (C=O) groups is 2. The van der Waals surface area contributed by atoms with Gasteiger partial charge in [-0.2, -0.15) is 0 Å². The zero-order chi connectivity index (χ0) is 23.4. The number of hydrogen-bond donors (Lipinski definition) is 0. The molecule has 170 valence electrons. The Kier molecular flexibility index (Phi) is 6.83. The summed E-state index contributed by atoms with van der Waals surface area (Å²) in [4.78, 5) is 37.4. The van der Waals surface area contributed by atoms with Gasteiger partial charge in [0.2, 0.25) is 6.79 Å². The molecule has 0 aliphatic carbocycles. The Bertz CT molecular complexity index is 1210. The summed E-state index contributed by atoms with van der Waals surface area (Å²) in [7, 11) is 1.17. The van der Waals surface area contributed by atoms with Crippen molar-refractivity contribution in [3.63, 3.8) is 0 Å². The number of imidazole rings is 1. The predicted molar refractivity (Wildman–Crippen MR) is 122 cm³/mol. The molecule has 4 rings (SSSR count). The third-order valence-corrected chi connectivity index (χ3v) is 5.59. The number of aryl methyl sites for hydroxylation is 1.